The van der Waals surface area contributed by atoms with Gasteiger partial charge in [-0.2, -0.15) is 0 Å². The number of alkyl carbamates (subject to hydrolysis) is 1. The number of aldehydes is 1. The van der Waals surface area contributed by atoms with Crippen molar-refractivity contribution in [3.63, 3.8) is 0 Å². The largest absolute Gasteiger partial charge is 0.444 e. The molecule has 0 heterocycles. The van der Waals surface area contributed by atoms with Gasteiger partial charge in [-0.15, -0.1) is 0 Å². The summed E-state index contributed by atoms with van der Waals surface area (Å²) < 4.78 is 18.3. The number of hydrogen-bond donors (Lipinski definition) is 1. The molecule has 0 aliphatic heterocycles. The van der Waals surface area contributed by atoms with Crippen LogP contribution < -0.4 is 5.32 Å². The minimum atomic E-state index is -0.925. The van der Waals surface area contributed by atoms with Crippen molar-refractivity contribution in [2.45, 2.75) is 39.3 Å². The van der Waals surface area contributed by atoms with Gasteiger partial charge in [0.15, 0.2) is 0 Å². The van der Waals surface area contributed by atoms with E-state index in [0.29, 0.717) is 11.8 Å². The van der Waals surface area contributed by atoms with Crippen LogP contribution in [0.15, 0.2) is 18.2 Å². The van der Waals surface area contributed by atoms with Gasteiger partial charge < -0.3 is 14.8 Å². The number of rotatable bonds is 3. The molecule has 0 spiro atoms. The van der Waals surface area contributed by atoms with Crippen molar-refractivity contribution in [1.29, 1.82) is 0 Å². The van der Waals surface area contributed by atoms with E-state index in [2.05, 4.69) is 5.32 Å². The average Bonchev–Trinajstić information content (AvgIpc) is 2.27. The first kappa shape index (κ1) is 15.1. The van der Waals surface area contributed by atoms with Gasteiger partial charge in [0.25, 0.3) is 0 Å². The lowest BCUT2D eigenvalue weighted by Gasteiger charge is -2.22. The summed E-state index contributed by atoms with van der Waals surface area (Å²) >= 11 is 0. The first-order valence-corrected chi connectivity index (χ1v) is 5.94. The maximum Gasteiger partial charge on any atom is 0.408 e. The Hall–Kier alpha value is -1.91. The number of aryl methyl sites for hydroxylation is 1. The number of nitrogens with one attached hydrogen (secondary N) is 1. The van der Waals surface area contributed by atoms with Gasteiger partial charge in [0, 0.05) is 0 Å². The number of benzene rings is 1. The standard InChI is InChI=1S/C14H18FNO3/c1-9-5-6-10(15)7-11(9)12(8-17)16-13(18)19-14(2,3)4/h5-8,12H,1-4H3,(H,16,18). The molecule has 5 heteroatoms. The third-order valence-corrected chi connectivity index (χ3v) is 2.38. The third-order valence-electron chi connectivity index (χ3n) is 2.38. The molecule has 0 aliphatic carbocycles. The number of carbonyl (C=O) groups excluding carboxylic acids is 2. The molecule has 0 aromatic heterocycles. The lowest BCUT2D eigenvalue weighted by atomic mass is 10.0. The maximum atomic E-state index is 13.2. The topological polar surface area (TPSA) is 55.4 Å². The molecule has 0 saturated carbocycles. The summed E-state index contributed by atoms with van der Waals surface area (Å²) in [6.07, 6.45) is -0.167. The maximum absolute atomic E-state index is 13.2. The van der Waals surface area contributed by atoms with Gasteiger partial charge in [0.05, 0.1) is 0 Å². The summed E-state index contributed by atoms with van der Waals surface area (Å²) in [7, 11) is 0. The summed E-state index contributed by atoms with van der Waals surface area (Å²) in [4.78, 5) is 22.7. The second-order valence-electron chi connectivity index (χ2n) is 5.26. The van der Waals surface area contributed by atoms with Gasteiger partial charge in [0.2, 0.25) is 0 Å². The van der Waals surface area contributed by atoms with Crippen LogP contribution in [-0.4, -0.2) is 18.0 Å². The van der Waals surface area contributed by atoms with Crippen LogP contribution in [0.2, 0.25) is 0 Å². The summed E-state index contributed by atoms with van der Waals surface area (Å²) in [5.74, 6) is -0.460. The first-order chi connectivity index (χ1) is 8.73. The van der Waals surface area contributed by atoms with E-state index < -0.39 is 23.6 Å². The van der Waals surface area contributed by atoms with E-state index >= 15 is 0 Å². The number of carbonyl (C=O) groups is 2. The molecule has 1 N–H and O–H groups in total. The van der Waals surface area contributed by atoms with Crippen molar-refractivity contribution in [3.8, 4) is 0 Å². The zero-order valence-corrected chi connectivity index (χ0v) is 11.5. The molecule has 4 nitrogen and oxygen atoms in total. The Bertz CT molecular complexity index is 480. The molecule has 0 bridgehead atoms. The van der Waals surface area contributed by atoms with E-state index in [1.807, 2.05) is 0 Å². The van der Waals surface area contributed by atoms with Crippen molar-refractivity contribution in [1.82, 2.24) is 5.32 Å². The molecule has 1 aromatic rings. The molecule has 1 atom stereocenters. The van der Waals surface area contributed by atoms with E-state index in [1.165, 1.54) is 12.1 Å². The molecular formula is C14H18FNO3. The Morgan fingerprint density at radius 3 is 2.58 bits per heavy atom. The minimum Gasteiger partial charge on any atom is -0.444 e. The van der Waals surface area contributed by atoms with Crippen molar-refractivity contribution in [2.24, 2.45) is 0 Å². The fourth-order valence-corrected chi connectivity index (χ4v) is 1.57. The van der Waals surface area contributed by atoms with Crippen LogP contribution in [0.5, 0.6) is 0 Å². The van der Waals surface area contributed by atoms with Crippen LogP contribution in [-0.2, 0) is 9.53 Å². The Morgan fingerprint density at radius 1 is 1.42 bits per heavy atom. The number of ether oxygens (including phenoxy) is 1. The van der Waals surface area contributed by atoms with Crippen LogP contribution in [0.3, 0.4) is 0 Å². The van der Waals surface area contributed by atoms with Gasteiger partial charge in [-0.1, -0.05) is 6.07 Å². The number of hydrogen-bond acceptors (Lipinski definition) is 3. The lowest BCUT2D eigenvalue weighted by Crippen LogP contribution is -2.35. The highest BCUT2D eigenvalue weighted by atomic mass is 19.1. The van der Waals surface area contributed by atoms with Gasteiger partial charge in [-0.3, -0.25) is 0 Å². The molecule has 1 rings (SSSR count). The highest BCUT2D eigenvalue weighted by Crippen LogP contribution is 2.18. The summed E-state index contributed by atoms with van der Waals surface area (Å²) in [5.41, 5.74) is 0.476. The zero-order chi connectivity index (χ0) is 14.6. The predicted molar refractivity (Wildman–Crippen MR) is 69.3 cm³/mol. The van der Waals surface area contributed by atoms with Gasteiger partial charge >= 0.3 is 6.09 Å². The highest BCUT2D eigenvalue weighted by Gasteiger charge is 2.21. The van der Waals surface area contributed by atoms with E-state index in [0.717, 1.165) is 5.56 Å². The average molecular weight is 267 g/mol. The normalized spacial score (nSPS) is 12.7. The third kappa shape index (κ3) is 4.69. The Morgan fingerprint density at radius 2 is 2.05 bits per heavy atom. The number of halogens is 1. The zero-order valence-electron chi connectivity index (χ0n) is 11.5. The SMILES string of the molecule is Cc1ccc(F)cc1C(C=O)NC(=O)OC(C)(C)C. The number of amides is 1. The summed E-state index contributed by atoms with van der Waals surface area (Å²) in [6, 6.07) is 3.16. The Balaban J connectivity index is 2.87. The molecule has 0 fully saturated rings. The summed E-state index contributed by atoms with van der Waals surface area (Å²) in [6.45, 7) is 6.89. The predicted octanol–water partition coefficient (Wildman–Crippen LogP) is 2.90. The first-order valence-electron chi connectivity index (χ1n) is 5.94. The van der Waals surface area contributed by atoms with Crippen molar-refractivity contribution in [2.75, 3.05) is 0 Å². The molecule has 0 aliphatic rings. The van der Waals surface area contributed by atoms with E-state index in [1.54, 1.807) is 33.8 Å². The Labute approximate surface area is 112 Å². The molecule has 19 heavy (non-hydrogen) atoms. The molecule has 1 aromatic carbocycles. The Kier molecular flexibility index (Phi) is 4.64. The smallest absolute Gasteiger partial charge is 0.408 e. The van der Waals surface area contributed by atoms with Crippen LogP contribution >= 0.6 is 0 Å². The van der Waals surface area contributed by atoms with Gasteiger partial charge in [-0.25, -0.2) is 9.18 Å². The molecule has 1 unspecified atom stereocenters. The molecule has 0 saturated heterocycles. The van der Waals surface area contributed by atoms with Crippen molar-refractivity contribution >= 4 is 12.4 Å². The van der Waals surface area contributed by atoms with Gasteiger partial charge in [0.1, 0.15) is 23.7 Å². The summed E-state index contributed by atoms with van der Waals surface area (Å²) in [5, 5.41) is 2.41. The van der Waals surface area contributed by atoms with E-state index in [9.17, 15) is 14.0 Å². The second-order valence-corrected chi connectivity index (χ2v) is 5.26. The molecule has 104 valence electrons. The molecular weight excluding hydrogens is 249 g/mol. The van der Waals surface area contributed by atoms with Crippen LogP contribution in [0, 0.1) is 12.7 Å². The van der Waals surface area contributed by atoms with Crippen LogP contribution in [0.4, 0.5) is 9.18 Å². The van der Waals surface area contributed by atoms with Crippen molar-refractivity contribution < 1.29 is 18.7 Å². The van der Waals surface area contributed by atoms with Crippen LogP contribution in [0.1, 0.15) is 37.9 Å². The minimum absolute atomic E-state index is 0.417. The quantitative estimate of drug-likeness (QED) is 0.857. The molecule has 0 radical (unpaired) electrons. The second kappa shape index (κ2) is 5.82. The fraction of sp³-hybridized carbons (Fsp3) is 0.429. The van der Waals surface area contributed by atoms with Gasteiger partial charge in [-0.05, 0) is 51.0 Å². The van der Waals surface area contributed by atoms with Crippen molar-refractivity contribution in [3.05, 3.63) is 35.1 Å². The lowest BCUT2D eigenvalue weighted by molar-refractivity contribution is -0.109. The monoisotopic (exact) mass is 267 g/mol. The van der Waals surface area contributed by atoms with E-state index in [-0.39, 0.29) is 0 Å². The fourth-order valence-electron chi connectivity index (χ4n) is 1.57. The highest BCUT2D eigenvalue weighted by molar-refractivity contribution is 5.75. The molecule has 1 amide bonds. The van der Waals surface area contributed by atoms with E-state index in [4.69, 9.17) is 4.74 Å². The van der Waals surface area contributed by atoms with Crippen LogP contribution in [0.25, 0.3) is 0 Å².